The molecule has 0 amide bonds. The summed E-state index contributed by atoms with van der Waals surface area (Å²) < 4.78 is 6.05. The number of hydrogen-bond donors (Lipinski definition) is 1. The highest BCUT2D eigenvalue weighted by Gasteiger charge is 2.15. The van der Waals surface area contributed by atoms with E-state index in [2.05, 4.69) is 26.1 Å². The van der Waals surface area contributed by atoms with Gasteiger partial charge in [-0.15, -0.1) is 0 Å². The summed E-state index contributed by atoms with van der Waals surface area (Å²) in [4.78, 5) is 4.24. The molecule has 17 heavy (non-hydrogen) atoms. The minimum atomic E-state index is -0.207. The summed E-state index contributed by atoms with van der Waals surface area (Å²) in [7, 11) is 0. The van der Waals surface area contributed by atoms with Crippen LogP contribution in [0.3, 0.4) is 0 Å². The van der Waals surface area contributed by atoms with Crippen LogP contribution in [0.15, 0.2) is 27.2 Å². The largest absolute Gasteiger partial charge is 0.334 e. The molecule has 0 spiro atoms. The van der Waals surface area contributed by atoms with Gasteiger partial charge in [0.1, 0.15) is 0 Å². The highest BCUT2D eigenvalue weighted by Crippen LogP contribution is 2.29. The maximum Gasteiger partial charge on any atom is 0.259 e. The Kier molecular flexibility index (Phi) is 3.81. The summed E-state index contributed by atoms with van der Waals surface area (Å²) >= 11 is 9.44. The molecule has 0 bridgehead atoms. The van der Waals surface area contributed by atoms with Crippen LogP contribution < -0.4 is 5.73 Å². The SMILES string of the molecule is CCC(N)c1noc(-c2ccc(Br)cc2Cl)n1. The van der Waals surface area contributed by atoms with Crippen LogP contribution in [0.4, 0.5) is 0 Å². The highest BCUT2D eigenvalue weighted by atomic mass is 79.9. The Balaban J connectivity index is 2.37. The van der Waals surface area contributed by atoms with Gasteiger partial charge in [-0.1, -0.05) is 39.6 Å². The molecule has 6 heteroatoms. The maximum atomic E-state index is 6.10. The van der Waals surface area contributed by atoms with Crippen LogP contribution in [0.2, 0.25) is 5.02 Å². The lowest BCUT2D eigenvalue weighted by Crippen LogP contribution is -2.10. The van der Waals surface area contributed by atoms with Gasteiger partial charge in [0.15, 0.2) is 5.82 Å². The van der Waals surface area contributed by atoms with Gasteiger partial charge in [-0.3, -0.25) is 0 Å². The molecule has 2 rings (SSSR count). The Morgan fingerprint density at radius 3 is 2.94 bits per heavy atom. The molecule has 2 aromatic rings. The van der Waals surface area contributed by atoms with Crippen molar-refractivity contribution in [3.05, 3.63) is 33.5 Å². The number of rotatable bonds is 3. The van der Waals surface area contributed by atoms with Crippen molar-refractivity contribution in [2.75, 3.05) is 0 Å². The van der Waals surface area contributed by atoms with Gasteiger partial charge in [0, 0.05) is 4.47 Å². The molecule has 1 heterocycles. The molecule has 1 atom stereocenters. The lowest BCUT2D eigenvalue weighted by molar-refractivity contribution is 0.415. The van der Waals surface area contributed by atoms with Crippen LogP contribution >= 0.6 is 27.5 Å². The Labute approximate surface area is 112 Å². The molecule has 1 unspecified atom stereocenters. The van der Waals surface area contributed by atoms with E-state index in [9.17, 15) is 0 Å². The second-order valence-corrected chi connectivity index (χ2v) is 4.92. The van der Waals surface area contributed by atoms with Crippen molar-refractivity contribution in [1.29, 1.82) is 0 Å². The van der Waals surface area contributed by atoms with E-state index in [-0.39, 0.29) is 6.04 Å². The van der Waals surface area contributed by atoms with Crippen molar-refractivity contribution in [2.45, 2.75) is 19.4 Å². The van der Waals surface area contributed by atoms with Crippen molar-refractivity contribution < 1.29 is 4.52 Å². The summed E-state index contributed by atoms with van der Waals surface area (Å²) in [5.41, 5.74) is 6.53. The fourth-order valence-electron chi connectivity index (χ4n) is 1.34. The zero-order chi connectivity index (χ0) is 12.4. The van der Waals surface area contributed by atoms with Crippen LogP contribution in [0.5, 0.6) is 0 Å². The van der Waals surface area contributed by atoms with Gasteiger partial charge in [-0.2, -0.15) is 4.98 Å². The smallest absolute Gasteiger partial charge is 0.259 e. The molecule has 2 N–H and O–H groups in total. The highest BCUT2D eigenvalue weighted by molar-refractivity contribution is 9.10. The molecule has 0 aliphatic rings. The first-order valence-electron chi connectivity index (χ1n) is 5.16. The standard InChI is InChI=1S/C11H11BrClN3O/c1-2-9(14)10-15-11(17-16-10)7-4-3-6(12)5-8(7)13/h3-5,9H,2,14H2,1H3. The van der Waals surface area contributed by atoms with Gasteiger partial charge < -0.3 is 10.3 Å². The summed E-state index contributed by atoms with van der Waals surface area (Å²) in [6.45, 7) is 1.97. The lowest BCUT2D eigenvalue weighted by Gasteiger charge is -2.00. The second-order valence-electron chi connectivity index (χ2n) is 3.60. The third-order valence-corrected chi connectivity index (χ3v) is 3.18. The number of benzene rings is 1. The molecule has 1 aromatic heterocycles. The molecule has 0 fully saturated rings. The molecule has 4 nitrogen and oxygen atoms in total. The predicted molar refractivity (Wildman–Crippen MR) is 69.7 cm³/mol. The van der Waals surface area contributed by atoms with Crippen molar-refractivity contribution in [3.8, 4) is 11.5 Å². The minimum Gasteiger partial charge on any atom is -0.334 e. The van der Waals surface area contributed by atoms with Crippen molar-refractivity contribution >= 4 is 27.5 Å². The summed E-state index contributed by atoms with van der Waals surface area (Å²) in [5, 5.41) is 4.40. The normalized spacial score (nSPS) is 12.7. The number of halogens is 2. The zero-order valence-corrected chi connectivity index (χ0v) is 11.5. The van der Waals surface area contributed by atoms with Crippen LogP contribution in [0.1, 0.15) is 25.2 Å². The molecule has 0 saturated heterocycles. The number of nitrogens with two attached hydrogens (primary N) is 1. The topological polar surface area (TPSA) is 64.9 Å². The average molecular weight is 317 g/mol. The molecular formula is C11H11BrClN3O. The van der Waals surface area contributed by atoms with E-state index in [1.807, 2.05) is 19.1 Å². The first-order chi connectivity index (χ1) is 8.11. The molecule has 0 saturated carbocycles. The first-order valence-corrected chi connectivity index (χ1v) is 6.33. The van der Waals surface area contributed by atoms with E-state index in [1.54, 1.807) is 6.07 Å². The lowest BCUT2D eigenvalue weighted by atomic mass is 10.2. The zero-order valence-electron chi connectivity index (χ0n) is 9.15. The van der Waals surface area contributed by atoms with Gasteiger partial charge >= 0.3 is 0 Å². The first kappa shape index (κ1) is 12.5. The fourth-order valence-corrected chi connectivity index (χ4v) is 2.09. The molecule has 0 radical (unpaired) electrons. The van der Waals surface area contributed by atoms with Crippen LogP contribution in [0, 0.1) is 0 Å². The molecule has 1 aromatic carbocycles. The number of nitrogens with zero attached hydrogens (tertiary/aromatic N) is 2. The second kappa shape index (κ2) is 5.16. The Morgan fingerprint density at radius 2 is 2.29 bits per heavy atom. The van der Waals surface area contributed by atoms with Gasteiger partial charge in [0.25, 0.3) is 5.89 Å². The summed E-state index contributed by atoms with van der Waals surface area (Å²) in [5.74, 6) is 0.892. The van der Waals surface area contributed by atoms with Crippen molar-refractivity contribution in [2.24, 2.45) is 5.73 Å². The quantitative estimate of drug-likeness (QED) is 0.940. The van der Waals surface area contributed by atoms with Crippen LogP contribution in [-0.4, -0.2) is 10.1 Å². The van der Waals surface area contributed by atoms with Crippen LogP contribution in [0.25, 0.3) is 11.5 Å². The van der Waals surface area contributed by atoms with Gasteiger partial charge in [0.05, 0.1) is 16.6 Å². The van der Waals surface area contributed by atoms with E-state index < -0.39 is 0 Å². The van der Waals surface area contributed by atoms with Crippen molar-refractivity contribution in [3.63, 3.8) is 0 Å². The molecular weight excluding hydrogens is 305 g/mol. The Bertz CT molecular complexity index is 529. The van der Waals surface area contributed by atoms with Gasteiger partial charge in [-0.25, -0.2) is 0 Å². The van der Waals surface area contributed by atoms with E-state index in [1.165, 1.54) is 0 Å². The predicted octanol–water partition coefficient (Wildman–Crippen LogP) is 3.56. The van der Waals surface area contributed by atoms with E-state index >= 15 is 0 Å². The molecule has 0 aliphatic heterocycles. The van der Waals surface area contributed by atoms with Crippen LogP contribution in [-0.2, 0) is 0 Å². The summed E-state index contributed by atoms with van der Waals surface area (Å²) in [6.07, 6.45) is 0.757. The monoisotopic (exact) mass is 315 g/mol. The maximum absolute atomic E-state index is 6.10. The summed E-state index contributed by atoms with van der Waals surface area (Å²) in [6, 6.07) is 5.26. The van der Waals surface area contributed by atoms with E-state index in [0.717, 1.165) is 10.9 Å². The number of aromatic nitrogens is 2. The third kappa shape index (κ3) is 2.68. The third-order valence-electron chi connectivity index (χ3n) is 2.37. The van der Waals surface area contributed by atoms with Gasteiger partial charge in [-0.05, 0) is 24.6 Å². The average Bonchev–Trinajstić information content (AvgIpc) is 2.77. The minimum absolute atomic E-state index is 0.207. The van der Waals surface area contributed by atoms with Crippen molar-refractivity contribution in [1.82, 2.24) is 10.1 Å². The molecule has 90 valence electrons. The van der Waals surface area contributed by atoms with Gasteiger partial charge in [0.2, 0.25) is 0 Å². The van der Waals surface area contributed by atoms with E-state index in [4.69, 9.17) is 21.9 Å². The fraction of sp³-hybridized carbons (Fsp3) is 0.273. The van der Waals surface area contributed by atoms with E-state index in [0.29, 0.717) is 22.3 Å². The molecule has 0 aliphatic carbocycles. The Morgan fingerprint density at radius 1 is 1.53 bits per heavy atom. The number of hydrogen-bond acceptors (Lipinski definition) is 4. The Hall–Kier alpha value is -0.910.